The number of benzene rings is 2. The molecule has 3 aromatic rings. The predicted molar refractivity (Wildman–Crippen MR) is 118 cm³/mol. The fourth-order valence-corrected chi connectivity index (χ4v) is 4.09. The number of nitrogens with zero attached hydrogens (tertiary/aromatic N) is 2. The molecule has 0 atom stereocenters. The summed E-state index contributed by atoms with van der Waals surface area (Å²) in [5.41, 5.74) is 1.54. The maximum Gasteiger partial charge on any atom is 0.146 e. The maximum atomic E-state index is 14.4. The molecule has 6 heteroatoms. The first-order valence-corrected chi connectivity index (χ1v) is 10.9. The second-order valence-corrected chi connectivity index (χ2v) is 8.01. The van der Waals surface area contributed by atoms with Crippen LogP contribution < -0.4 is 9.64 Å². The smallest absolute Gasteiger partial charge is 0.146 e. The molecule has 2 heterocycles. The van der Waals surface area contributed by atoms with Crippen molar-refractivity contribution in [1.82, 2.24) is 4.98 Å². The third-order valence-electron chi connectivity index (χ3n) is 5.30. The Hall–Kier alpha value is -1.93. The third kappa shape index (κ3) is 4.07. The van der Waals surface area contributed by atoms with Crippen molar-refractivity contribution in [3.63, 3.8) is 0 Å². The van der Waals surface area contributed by atoms with Gasteiger partial charge in [-0.3, -0.25) is 4.98 Å². The second kappa shape index (κ2) is 8.21. The Balaban J connectivity index is 1.41. The lowest BCUT2D eigenvalue weighted by molar-refractivity contribution is -0.0238. The molecular weight excluding hydrogens is 470 g/mol. The van der Waals surface area contributed by atoms with Crippen molar-refractivity contribution in [2.24, 2.45) is 0 Å². The normalized spacial score (nSPS) is 16.3. The van der Waals surface area contributed by atoms with Gasteiger partial charge in [0.1, 0.15) is 23.8 Å². The summed E-state index contributed by atoms with van der Waals surface area (Å²) >= 11 is 2.23. The highest BCUT2D eigenvalue weighted by atomic mass is 127. The maximum absolute atomic E-state index is 14.4. The molecule has 2 aromatic carbocycles. The van der Waals surface area contributed by atoms with Gasteiger partial charge in [-0.25, -0.2) is 4.39 Å². The van der Waals surface area contributed by atoms with E-state index in [4.69, 9.17) is 4.74 Å². The SMILES string of the molecule is OC1(COc2cccc3ncccc23)CCN(c2ccc(CI)cc2F)CC1. The van der Waals surface area contributed by atoms with E-state index in [9.17, 15) is 9.50 Å². The highest BCUT2D eigenvalue weighted by Gasteiger charge is 2.34. The number of aliphatic hydroxyl groups is 1. The number of hydrogen-bond donors (Lipinski definition) is 1. The van der Waals surface area contributed by atoms with Crippen LogP contribution >= 0.6 is 22.6 Å². The van der Waals surface area contributed by atoms with Gasteiger partial charge in [0, 0.05) is 29.1 Å². The van der Waals surface area contributed by atoms with Gasteiger partial charge in [-0.15, -0.1) is 0 Å². The molecule has 1 N–H and O–H groups in total. The summed E-state index contributed by atoms with van der Waals surface area (Å²) in [5, 5.41) is 11.9. The number of alkyl halides is 1. The largest absolute Gasteiger partial charge is 0.490 e. The molecule has 1 aromatic heterocycles. The number of piperidine rings is 1. The molecule has 0 amide bonds. The molecule has 1 saturated heterocycles. The topological polar surface area (TPSA) is 45.6 Å². The van der Waals surface area contributed by atoms with Gasteiger partial charge < -0.3 is 14.7 Å². The number of rotatable bonds is 5. The number of ether oxygens (including phenoxy) is 1. The van der Waals surface area contributed by atoms with Gasteiger partial charge in [-0.05, 0) is 54.8 Å². The Kier molecular flexibility index (Phi) is 5.68. The van der Waals surface area contributed by atoms with E-state index in [1.165, 1.54) is 0 Å². The van der Waals surface area contributed by atoms with Crippen LogP contribution in [0.2, 0.25) is 0 Å². The monoisotopic (exact) mass is 492 g/mol. The van der Waals surface area contributed by atoms with Gasteiger partial charge in [0.2, 0.25) is 0 Å². The molecule has 0 spiro atoms. The van der Waals surface area contributed by atoms with Crippen molar-refractivity contribution >= 4 is 39.2 Å². The zero-order valence-electron chi connectivity index (χ0n) is 15.4. The van der Waals surface area contributed by atoms with Gasteiger partial charge in [0.05, 0.1) is 11.2 Å². The van der Waals surface area contributed by atoms with E-state index in [-0.39, 0.29) is 12.4 Å². The number of halogens is 2. The van der Waals surface area contributed by atoms with Gasteiger partial charge >= 0.3 is 0 Å². The Bertz CT molecular complexity index is 968. The molecule has 146 valence electrons. The Labute approximate surface area is 177 Å². The van der Waals surface area contributed by atoms with Crippen molar-refractivity contribution in [3.05, 3.63) is 66.1 Å². The van der Waals surface area contributed by atoms with Crippen LogP contribution in [0.1, 0.15) is 18.4 Å². The Morgan fingerprint density at radius 2 is 1.96 bits per heavy atom. The third-order valence-corrected chi connectivity index (χ3v) is 6.18. The summed E-state index contributed by atoms with van der Waals surface area (Å²) in [6.07, 6.45) is 2.81. The second-order valence-electron chi connectivity index (χ2n) is 7.25. The van der Waals surface area contributed by atoms with Gasteiger partial charge in [0.25, 0.3) is 0 Å². The number of hydrogen-bond acceptors (Lipinski definition) is 4. The molecule has 0 bridgehead atoms. The first-order chi connectivity index (χ1) is 13.6. The molecule has 0 unspecified atom stereocenters. The lowest BCUT2D eigenvalue weighted by Gasteiger charge is -2.39. The minimum atomic E-state index is -0.917. The summed E-state index contributed by atoms with van der Waals surface area (Å²) in [7, 11) is 0. The molecule has 0 saturated carbocycles. The minimum Gasteiger partial charge on any atom is -0.490 e. The number of fused-ring (bicyclic) bond motifs is 1. The van der Waals surface area contributed by atoms with Crippen molar-refractivity contribution in [3.8, 4) is 5.75 Å². The first kappa shape index (κ1) is 19.4. The van der Waals surface area contributed by atoms with Crippen molar-refractivity contribution < 1.29 is 14.2 Å². The van der Waals surface area contributed by atoms with E-state index in [2.05, 4.69) is 27.6 Å². The molecular formula is C22H22FIN2O2. The van der Waals surface area contributed by atoms with Gasteiger partial charge in [0.15, 0.2) is 0 Å². The van der Waals surface area contributed by atoms with E-state index < -0.39 is 5.60 Å². The van der Waals surface area contributed by atoms with Crippen LogP contribution in [-0.2, 0) is 4.43 Å². The summed E-state index contributed by atoms with van der Waals surface area (Å²) < 4.78 is 21.2. The van der Waals surface area contributed by atoms with Crippen LogP contribution in [0, 0.1) is 5.82 Å². The van der Waals surface area contributed by atoms with Crippen molar-refractivity contribution in [2.45, 2.75) is 22.9 Å². The molecule has 4 rings (SSSR count). The van der Waals surface area contributed by atoms with Crippen LogP contribution in [0.3, 0.4) is 0 Å². The molecule has 1 aliphatic heterocycles. The summed E-state index contributed by atoms with van der Waals surface area (Å²) in [4.78, 5) is 6.34. The zero-order valence-corrected chi connectivity index (χ0v) is 17.6. The van der Waals surface area contributed by atoms with Crippen molar-refractivity contribution in [2.75, 3.05) is 24.6 Å². The van der Waals surface area contributed by atoms with Crippen LogP contribution in [0.4, 0.5) is 10.1 Å². The number of pyridine rings is 1. The van der Waals surface area contributed by atoms with Gasteiger partial charge in [-0.2, -0.15) is 0 Å². The van der Waals surface area contributed by atoms with Crippen LogP contribution in [0.15, 0.2) is 54.7 Å². The predicted octanol–water partition coefficient (Wildman–Crippen LogP) is 4.72. The van der Waals surface area contributed by atoms with E-state index in [0.717, 1.165) is 26.6 Å². The molecule has 1 fully saturated rings. The number of anilines is 1. The highest BCUT2D eigenvalue weighted by molar-refractivity contribution is 14.1. The highest BCUT2D eigenvalue weighted by Crippen LogP contribution is 2.31. The fourth-order valence-electron chi connectivity index (χ4n) is 3.61. The molecule has 0 aliphatic carbocycles. The molecule has 1 aliphatic rings. The quantitative estimate of drug-likeness (QED) is 0.414. The lowest BCUT2D eigenvalue weighted by atomic mass is 9.92. The van der Waals surface area contributed by atoms with E-state index in [1.54, 1.807) is 12.3 Å². The number of aromatic nitrogens is 1. The van der Waals surface area contributed by atoms with Crippen LogP contribution in [0.25, 0.3) is 10.9 Å². The molecule has 0 radical (unpaired) electrons. The van der Waals surface area contributed by atoms with E-state index >= 15 is 0 Å². The zero-order chi connectivity index (χ0) is 19.6. The molecule has 4 nitrogen and oxygen atoms in total. The summed E-state index contributed by atoms with van der Waals surface area (Å²) in [5.74, 6) is 0.529. The van der Waals surface area contributed by atoms with Crippen LogP contribution in [0.5, 0.6) is 5.75 Å². The van der Waals surface area contributed by atoms with E-state index in [0.29, 0.717) is 31.6 Å². The molecule has 28 heavy (non-hydrogen) atoms. The van der Waals surface area contributed by atoms with Crippen LogP contribution in [-0.4, -0.2) is 35.4 Å². The lowest BCUT2D eigenvalue weighted by Crippen LogP contribution is -2.48. The Morgan fingerprint density at radius 3 is 2.71 bits per heavy atom. The van der Waals surface area contributed by atoms with Crippen molar-refractivity contribution in [1.29, 1.82) is 0 Å². The van der Waals surface area contributed by atoms with E-state index in [1.807, 2.05) is 47.4 Å². The summed E-state index contributed by atoms with van der Waals surface area (Å²) in [6, 6.07) is 15.0. The average Bonchev–Trinajstić information content (AvgIpc) is 2.73. The van der Waals surface area contributed by atoms with Gasteiger partial charge in [-0.1, -0.05) is 34.7 Å². The Morgan fingerprint density at radius 1 is 1.14 bits per heavy atom. The standard InChI is InChI=1S/C22H22FIN2O2/c23-18-13-16(14-24)6-7-20(18)26-11-8-22(27,9-12-26)15-28-21-5-1-4-19-17(21)3-2-10-25-19/h1-7,10,13,27H,8-9,11-12,14-15H2. The summed E-state index contributed by atoms with van der Waals surface area (Å²) in [6.45, 7) is 1.40. The first-order valence-electron chi connectivity index (χ1n) is 9.36. The fraction of sp³-hybridized carbons (Fsp3) is 0.318. The average molecular weight is 492 g/mol. The minimum absolute atomic E-state index is 0.195.